The normalized spacial score (nSPS) is 10.3. The largest absolute Gasteiger partial charge is 0.477 e. The van der Waals surface area contributed by atoms with Gasteiger partial charge in [-0.25, -0.2) is 9.78 Å². The first-order chi connectivity index (χ1) is 8.61. The van der Waals surface area contributed by atoms with Gasteiger partial charge in [0.2, 0.25) is 0 Å². The maximum Gasteiger partial charge on any atom is 0.354 e. The van der Waals surface area contributed by atoms with Crippen LogP contribution in [0, 0.1) is 0 Å². The summed E-state index contributed by atoms with van der Waals surface area (Å²) in [5.41, 5.74) is 0.0864. The molecule has 0 unspecified atom stereocenters. The van der Waals surface area contributed by atoms with Crippen LogP contribution in [-0.4, -0.2) is 36.7 Å². The van der Waals surface area contributed by atoms with Gasteiger partial charge in [-0.15, -0.1) is 0 Å². The Morgan fingerprint density at radius 3 is 2.94 bits per heavy atom. The van der Waals surface area contributed by atoms with Gasteiger partial charge >= 0.3 is 5.97 Å². The number of carboxylic acids is 1. The highest BCUT2D eigenvalue weighted by molar-refractivity contribution is 6.08. The molecule has 0 saturated heterocycles. The fourth-order valence-electron chi connectivity index (χ4n) is 1.42. The second kappa shape index (κ2) is 4.70. The van der Waals surface area contributed by atoms with E-state index in [1.807, 2.05) is 6.92 Å². The van der Waals surface area contributed by atoms with E-state index in [9.17, 15) is 9.59 Å². The molecule has 0 aliphatic heterocycles. The molecular formula is C10H11N5O3. The number of nitrogens with one attached hydrogen (secondary N) is 2. The van der Waals surface area contributed by atoms with Crippen LogP contribution in [0.3, 0.4) is 0 Å². The fourth-order valence-corrected chi connectivity index (χ4v) is 1.42. The van der Waals surface area contributed by atoms with Crippen LogP contribution >= 0.6 is 0 Å². The summed E-state index contributed by atoms with van der Waals surface area (Å²) < 4.78 is 1.64. The Kier molecular flexibility index (Phi) is 3.09. The summed E-state index contributed by atoms with van der Waals surface area (Å²) in [6.07, 6.45) is 4.29. The van der Waals surface area contributed by atoms with Gasteiger partial charge < -0.3 is 15.4 Å². The van der Waals surface area contributed by atoms with E-state index >= 15 is 0 Å². The molecule has 2 heterocycles. The van der Waals surface area contributed by atoms with Crippen LogP contribution in [0.2, 0.25) is 0 Å². The number of aryl methyl sites for hydroxylation is 1. The van der Waals surface area contributed by atoms with Crippen molar-refractivity contribution in [2.45, 2.75) is 13.5 Å². The highest BCUT2D eigenvalue weighted by Crippen LogP contribution is 2.09. The summed E-state index contributed by atoms with van der Waals surface area (Å²) in [5, 5.41) is 15.4. The SMILES string of the molecule is CCn1cc(NC(=O)c2nc[nH]c2C(=O)O)cn1. The summed E-state index contributed by atoms with van der Waals surface area (Å²) in [6.45, 7) is 2.59. The zero-order valence-electron chi connectivity index (χ0n) is 9.54. The van der Waals surface area contributed by atoms with Crippen LogP contribution in [-0.2, 0) is 6.54 Å². The van der Waals surface area contributed by atoms with Crippen LogP contribution in [0.4, 0.5) is 5.69 Å². The highest BCUT2D eigenvalue weighted by Gasteiger charge is 2.19. The number of hydrogen-bond acceptors (Lipinski definition) is 4. The van der Waals surface area contributed by atoms with Crippen LogP contribution in [0.15, 0.2) is 18.7 Å². The number of rotatable bonds is 4. The highest BCUT2D eigenvalue weighted by atomic mass is 16.4. The van der Waals surface area contributed by atoms with E-state index in [-0.39, 0.29) is 11.4 Å². The molecule has 2 aromatic rings. The van der Waals surface area contributed by atoms with E-state index in [0.717, 1.165) is 6.33 Å². The minimum Gasteiger partial charge on any atom is -0.477 e. The lowest BCUT2D eigenvalue weighted by atomic mass is 10.3. The Morgan fingerprint density at radius 2 is 2.33 bits per heavy atom. The molecule has 0 aliphatic carbocycles. The molecule has 0 aromatic carbocycles. The van der Waals surface area contributed by atoms with E-state index in [4.69, 9.17) is 5.11 Å². The van der Waals surface area contributed by atoms with Gasteiger partial charge in [0.1, 0.15) is 0 Å². The molecule has 3 N–H and O–H groups in total. The second-order valence-corrected chi connectivity index (χ2v) is 3.47. The van der Waals surface area contributed by atoms with Gasteiger partial charge in [-0.2, -0.15) is 5.10 Å². The van der Waals surface area contributed by atoms with Crippen molar-refractivity contribution < 1.29 is 14.7 Å². The summed E-state index contributed by atoms with van der Waals surface area (Å²) in [4.78, 5) is 28.7. The summed E-state index contributed by atoms with van der Waals surface area (Å²) in [7, 11) is 0. The number of carbonyl (C=O) groups excluding carboxylic acids is 1. The molecule has 0 atom stereocenters. The van der Waals surface area contributed by atoms with Crippen molar-refractivity contribution >= 4 is 17.6 Å². The molecule has 18 heavy (non-hydrogen) atoms. The number of carbonyl (C=O) groups is 2. The van der Waals surface area contributed by atoms with Gasteiger partial charge in [0, 0.05) is 12.7 Å². The average Bonchev–Trinajstić information content (AvgIpc) is 2.96. The van der Waals surface area contributed by atoms with Crippen molar-refractivity contribution in [1.29, 1.82) is 0 Å². The molecule has 8 nitrogen and oxygen atoms in total. The van der Waals surface area contributed by atoms with Gasteiger partial charge in [0.25, 0.3) is 5.91 Å². The Bertz CT molecular complexity index is 586. The monoisotopic (exact) mass is 249 g/mol. The topological polar surface area (TPSA) is 113 Å². The molecule has 0 fully saturated rings. The number of imidazole rings is 1. The first kappa shape index (κ1) is 11.8. The number of amides is 1. The van der Waals surface area contributed by atoms with E-state index < -0.39 is 11.9 Å². The molecule has 8 heteroatoms. The van der Waals surface area contributed by atoms with Gasteiger partial charge in [-0.1, -0.05) is 0 Å². The van der Waals surface area contributed by atoms with Crippen molar-refractivity contribution in [3.63, 3.8) is 0 Å². The third-order valence-corrected chi connectivity index (χ3v) is 2.28. The average molecular weight is 249 g/mol. The standard InChI is InChI=1S/C10H11N5O3/c1-2-15-4-6(3-13-15)14-9(16)7-8(10(17)18)12-5-11-7/h3-5H,2H2,1H3,(H,11,12)(H,14,16)(H,17,18). The molecular weight excluding hydrogens is 238 g/mol. The smallest absolute Gasteiger partial charge is 0.354 e. The molecule has 0 bridgehead atoms. The van der Waals surface area contributed by atoms with Crippen LogP contribution < -0.4 is 5.32 Å². The Morgan fingerprint density at radius 1 is 1.56 bits per heavy atom. The van der Waals surface area contributed by atoms with Gasteiger partial charge in [-0.05, 0) is 6.92 Å². The van der Waals surface area contributed by atoms with Gasteiger partial charge in [0.05, 0.1) is 18.2 Å². The second-order valence-electron chi connectivity index (χ2n) is 3.47. The van der Waals surface area contributed by atoms with E-state index in [0.29, 0.717) is 12.2 Å². The molecule has 1 amide bonds. The molecule has 0 aliphatic rings. The number of aromatic amines is 1. The minimum atomic E-state index is -1.23. The maximum atomic E-state index is 11.8. The lowest BCUT2D eigenvalue weighted by Gasteiger charge is -2.00. The Hall–Kier alpha value is -2.64. The molecule has 0 saturated carbocycles. The maximum absolute atomic E-state index is 11.8. The predicted molar refractivity (Wildman–Crippen MR) is 61.4 cm³/mol. The number of hydrogen-bond donors (Lipinski definition) is 3. The van der Waals surface area contributed by atoms with Gasteiger partial charge in [-0.3, -0.25) is 9.48 Å². The predicted octanol–water partition coefficient (Wildman–Crippen LogP) is 0.577. The van der Waals surface area contributed by atoms with Crippen LogP contribution in [0.25, 0.3) is 0 Å². The van der Waals surface area contributed by atoms with E-state index in [1.165, 1.54) is 6.20 Å². The van der Waals surface area contributed by atoms with Gasteiger partial charge in [0.15, 0.2) is 11.4 Å². The number of carboxylic acid groups (broad SMARTS) is 1. The van der Waals surface area contributed by atoms with E-state index in [2.05, 4.69) is 20.4 Å². The van der Waals surface area contributed by atoms with Crippen LogP contribution in [0.5, 0.6) is 0 Å². The molecule has 94 valence electrons. The Balaban J connectivity index is 2.16. The number of aromatic nitrogens is 4. The van der Waals surface area contributed by atoms with Crippen molar-refractivity contribution in [3.05, 3.63) is 30.1 Å². The number of anilines is 1. The first-order valence-electron chi connectivity index (χ1n) is 5.22. The van der Waals surface area contributed by atoms with Crippen molar-refractivity contribution in [1.82, 2.24) is 19.7 Å². The van der Waals surface area contributed by atoms with E-state index in [1.54, 1.807) is 10.9 Å². The zero-order chi connectivity index (χ0) is 13.1. The third kappa shape index (κ3) is 2.21. The summed E-state index contributed by atoms with van der Waals surface area (Å²) >= 11 is 0. The van der Waals surface area contributed by atoms with Crippen molar-refractivity contribution in [3.8, 4) is 0 Å². The fraction of sp³-hybridized carbons (Fsp3) is 0.200. The molecule has 2 rings (SSSR count). The van der Waals surface area contributed by atoms with Crippen LogP contribution in [0.1, 0.15) is 27.9 Å². The van der Waals surface area contributed by atoms with Crippen molar-refractivity contribution in [2.24, 2.45) is 0 Å². The number of H-pyrrole nitrogens is 1. The number of nitrogens with zero attached hydrogens (tertiary/aromatic N) is 3. The first-order valence-corrected chi connectivity index (χ1v) is 5.22. The van der Waals surface area contributed by atoms with Crippen molar-refractivity contribution in [2.75, 3.05) is 5.32 Å². The summed E-state index contributed by atoms with van der Waals surface area (Å²) in [6, 6.07) is 0. The lowest BCUT2D eigenvalue weighted by molar-refractivity contribution is 0.0686. The molecule has 0 radical (unpaired) electrons. The Labute approximate surface area is 102 Å². The zero-order valence-corrected chi connectivity index (χ0v) is 9.54. The molecule has 2 aromatic heterocycles. The third-order valence-electron chi connectivity index (χ3n) is 2.28. The molecule has 0 spiro atoms. The number of aromatic carboxylic acids is 1. The quantitative estimate of drug-likeness (QED) is 0.733. The lowest BCUT2D eigenvalue weighted by Crippen LogP contribution is -2.16. The minimum absolute atomic E-state index is 0.160. The summed E-state index contributed by atoms with van der Waals surface area (Å²) in [5.74, 6) is -1.83.